The number of rotatable bonds is 6. The number of piperidine rings is 1. The van der Waals surface area contributed by atoms with Crippen molar-refractivity contribution in [2.45, 2.75) is 38.8 Å². The number of nitrogens with zero attached hydrogens (tertiary/aromatic N) is 4. The summed E-state index contributed by atoms with van der Waals surface area (Å²) in [6.07, 6.45) is 4.40. The number of aryl methyl sites for hydroxylation is 1. The van der Waals surface area contributed by atoms with E-state index in [9.17, 15) is 14.0 Å². The molecule has 2 aromatic rings. The Morgan fingerprint density at radius 3 is 2.67 bits per heavy atom. The maximum absolute atomic E-state index is 13.1. The van der Waals surface area contributed by atoms with Crippen molar-refractivity contribution in [1.82, 2.24) is 25.1 Å². The van der Waals surface area contributed by atoms with Crippen molar-refractivity contribution >= 4 is 11.8 Å². The maximum Gasteiger partial charge on any atom is 0.255 e. The van der Waals surface area contributed by atoms with Crippen LogP contribution in [0.2, 0.25) is 0 Å². The first-order chi connectivity index (χ1) is 14.3. The Balaban J connectivity index is 1.81. The number of carbonyl (C=O) groups excluding carboxylic acids is 2. The van der Waals surface area contributed by atoms with Crippen LogP contribution in [-0.2, 0) is 11.3 Å². The van der Waals surface area contributed by atoms with Gasteiger partial charge < -0.3 is 10.2 Å². The van der Waals surface area contributed by atoms with Crippen molar-refractivity contribution in [2.24, 2.45) is 0 Å². The lowest BCUT2D eigenvalue weighted by Gasteiger charge is -2.36. The standard InChI is InChI=1S/C22H28FN5O2/c1-15-24-13-18(22(30)25-12-16-7-9-17(23)10-8-16)21(26-15)19-6-4-5-11-28(19)14-20(29)27(2)3/h7-10,13,19H,4-6,11-12,14H2,1-3H3,(H,25,30)/t19-/m0/s1. The third kappa shape index (κ3) is 5.38. The molecule has 1 atom stereocenters. The van der Waals surface area contributed by atoms with Gasteiger partial charge in [0.1, 0.15) is 11.6 Å². The summed E-state index contributed by atoms with van der Waals surface area (Å²) in [5, 5.41) is 2.87. The van der Waals surface area contributed by atoms with E-state index in [1.165, 1.54) is 12.1 Å². The number of likely N-dealkylation sites (tertiary alicyclic amines) is 1. The Kier molecular flexibility index (Phi) is 7.10. The van der Waals surface area contributed by atoms with Crippen LogP contribution in [-0.4, -0.2) is 58.8 Å². The quantitative estimate of drug-likeness (QED) is 0.787. The Morgan fingerprint density at radius 1 is 1.23 bits per heavy atom. The number of benzene rings is 1. The number of amides is 2. The highest BCUT2D eigenvalue weighted by atomic mass is 19.1. The van der Waals surface area contributed by atoms with Crippen molar-refractivity contribution in [1.29, 1.82) is 0 Å². The van der Waals surface area contributed by atoms with Crippen LogP contribution in [0, 0.1) is 12.7 Å². The second-order valence-corrected chi connectivity index (χ2v) is 7.80. The molecule has 8 heteroatoms. The molecule has 160 valence electrons. The van der Waals surface area contributed by atoms with Gasteiger partial charge in [-0.3, -0.25) is 14.5 Å². The summed E-state index contributed by atoms with van der Waals surface area (Å²) in [6, 6.07) is 5.89. The molecule has 30 heavy (non-hydrogen) atoms. The van der Waals surface area contributed by atoms with Gasteiger partial charge in [0, 0.05) is 26.8 Å². The molecule has 1 N–H and O–H groups in total. The van der Waals surface area contributed by atoms with Crippen LogP contribution in [0.25, 0.3) is 0 Å². The van der Waals surface area contributed by atoms with Crippen LogP contribution < -0.4 is 5.32 Å². The molecule has 3 rings (SSSR count). The minimum absolute atomic E-state index is 0.0231. The van der Waals surface area contributed by atoms with Crippen LogP contribution in [0.5, 0.6) is 0 Å². The Bertz CT molecular complexity index is 901. The summed E-state index contributed by atoms with van der Waals surface area (Å²) in [5.41, 5.74) is 1.87. The molecule has 1 fully saturated rings. The number of aromatic nitrogens is 2. The van der Waals surface area contributed by atoms with Crippen LogP contribution in [0.1, 0.15) is 52.7 Å². The second-order valence-electron chi connectivity index (χ2n) is 7.80. The van der Waals surface area contributed by atoms with Gasteiger partial charge in [-0.1, -0.05) is 18.6 Å². The van der Waals surface area contributed by atoms with Crippen LogP contribution in [0.15, 0.2) is 30.5 Å². The molecule has 1 aliphatic heterocycles. The minimum atomic E-state index is -0.316. The number of likely N-dealkylation sites (N-methyl/N-ethyl adjacent to an activating group) is 1. The predicted octanol–water partition coefficient (Wildman–Crippen LogP) is 2.47. The second kappa shape index (κ2) is 9.75. The van der Waals surface area contributed by atoms with Crippen molar-refractivity contribution in [3.05, 3.63) is 58.9 Å². The van der Waals surface area contributed by atoms with E-state index in [4.69, 9.17) is 0 Å². The smallest absolute Gasteiger partial charge is 0.255 e. The number of nitrogens with one attached hydrogen (secondary N) is 1. The number of hydrogen-bond donors (Lipinski definition) is 1. The lowest BCUT2D eigenvalue weighted by Crippen LogP contribution is -2.42. The molecule has 0 aliphatic carbocycles. The summed E-state index contributed by atoms with van der Waals surface area (Å²) in [4.78, 5) is 37.7. The fourth-order valence-electron chi connectivity index (χ4n) is 3.60. The molecule has 1 aromatic carbocycles. The van der Waals surface area contributed by atoms with E-state index in [0.29, 0.717) is 17.1 Å². The summed E-state index contributed by atoms with van der Waals surface area (Å²) in [7, 11) is 3.48. The molecule has 1 saturated heterocycles. The average molecular weight is 413 g/mol. The molecule has 7 nitrogen and oxygen atoms in total. The first-order valence-corrected chi connectivity index (χ1v) is 10.2. The van der Waals surface area contributed by atoms with Crippen molar-refractivity contribution in [2.75, 3.05) is 27.2 Å². The van der Waals surface area contributed by atoms with E-state index < -0.39 is 0 Å². The first kappa shape index (κ1) is 21.8. The third-order valence-corrected chi connectivity index (χ3v) is 5.32. The van der Waals surface area contributed by atoms with Crippen LogP contribution in [0.4, 0.5) is 4.39 Å². The largest absolute Gasteiger partial charge is 0.348 e. The molecule has 0 unspecified atom stereocenters. The van der Waals surface area contributed by atoms with Gasteiger partial charge in [-0.25, -0.2) is 14.4 Å². The lowest BCUT2D eigenvalue weighted by atomic mass is 9.96. The number of carbonyl (C=O) groups is 2. The van der Waals surface area contributed by atoms with E-state index in [2.05, 4.69) is 20.2 Å². The predicted molar refractivity (Wildman–Crippen MR) is 111 cm³/mol. The molecule has 1 aliphatic rings. The normalized spacial score (nSPS) is 16.9. The van der Waals surface area contributed by atoms with E-state index >= 15 is 0 Å². The van der Waals surface area contributed by atoms with Gasteiger partial charge >= 0.3 is 0 Å². The Hall–Kier alpha value is -2.87. The fraction of sp³-hybridized carbons (Fsp3) is 0.455. The average Bonchev–Trinajstić information content (AvgIpc) is 2.73. The highest BCUT2D eigenvalue weighted by molar-refractivity contribution is 5.95. The zero-order valence-electron chi connectivity index (χ0n) is 17.7. The van der Waals surface area contributed by atoms with Gasteiger partial charge in [0.05, 0.1) is 23.8 Å². The summed E-state index contributed by atoms with van der Waals surface area (Å²) in [5.74, 6) is 0.0160. The molecule has 2 heterocycles. The summed E-state index contributed by atoms with van der Waals surface area (Å²) in [6.45, 7) is 3.14. The molecular formula is C22H28FN5O2. The molecule has 0 saturated carbocycles. The molecular weight excluding hydrogens is 385 g/mol. The van der Waals surface area contributed by atoms with Crippen LogP contribution >= 0.6 is 0 Å². The molecule has 1 aromatic heterocycles. The Labute approximate surface area is 176 Å². The van der Waals surface area contributed by atoms with Gasteiger partial charge in [-0.2, -0.15) is 0 Å². The molecule has 0 bridgehead atoms. The van der Waals surface area contributed by atoms with Gasteiger partial charge in [-0.15, -0.1) is 0 Å². The maximum atomic E-state index is 13.1. The molecule has 2 amide bonds. The van der Waals surface area contributed by atoms with Gasteiger partial charge in [0.15, 0.2) is 0 Å². The van der Waals surface area contributed by atoms with E-state index in [0.717, 1.165) is 31.4 Å². The zero-order valence-corrected chi connectivity index (χ0v) is 17.7. The van der Waals surface area contributed by atoms with Crippen molar-refractivity contribution in [3.63, 3.8) is 0 Å². The summed E-state index contributed by atoms with van der Waals surface area (Å²) >= 11 is 0. The third-order valence-electron chi connectivity index (χ3n) is 5.32. The molecule has 0 radical (unpaired) electrons. The lowest BCUT2D eigenvalue weighted by molar-refractivity contribution is -0.130. The number of halogens is 1. The van der Waals surface area contributed by atoms with E-state index in [1.807, 2.05) is 0 Å². The van der Waals surface area contributed by atoms with Gasteiger partial charge in [0.25, 0.3) is 5.91 Å². The van der Waals surface area contributed by atoms with Gasteiger partial charge in [-0.05, 0) is 44.0 Å². The van der Waals surface area contributed by atoms with E-state index in [-0.39, 0.29) is 36.8 Å². The zero-order chi connectivity index (χ0) is 21.7. The monoisotopic (exact) mass is 413 g/mol. The Morgan fingerprint density at radius 2 is 1.97 bits per heavy atom. The SMILES string of the molecule is Cc1ncc(C(=O)NCc2ccc(F)cc2)c([C@@H]2CCCCN2CC(=O)N(C)C)n1. The highest BCUT2D eigenvalue weighted by Crippen LogP contribution is 2.31. The fourth-order valence-corrected chi connectivity index (χ4v) is 3.60. The van der Waals surface area contributed by atoms with Crippen molar-refractivity contribution < 1.29 is 14.0 Å². The van der Waals surface area contributed by atoms with Crippen LogP contribution in [0.3, 0.4) is 0 Å². The first-order valence-electron chi connectivity index (χ1n) is 10.2. The van der Waals surface area contributed by atoms with Crippen molar-refractivity contribution in [3.8, 4) is 0 Å². The van der Waals surface area contributed by atoms with E-state index in [1.54, 1.807) is 44.2 Å². The van der Waals surface area contributed by atoms with Gasteiger partial charge in [0.2, 0.25) is 5.91 Å². The summed E-state index contributed by atoms with van der Waals surface area (Å²) < 4.78 is 13.1. The molecule has 0 spiro atoms. The topological polar surface area (TPSA) is 78.4 Å². The minimum Gasteiger partial charge on any atom is -0.348 e. The number of hydrogen-bond acceptors (Lipinski definition) is 5. The highest BCUT2D eigenvalue weighted by Gasteiger charge is 2.30.